The van der Waals surface area contributed by atoms with Crippen LogP contribution in [0.3, 0.4) is 0 Å². The number of likely N-dealkylation sites (N-methyl/N-ethyl adjacent to an activating group) is 1. The minimum absolute atomic E-state index is 0.00645. The molecule has 7 nitrogen and oxygen atoms in total. The molecule has 0 unspecified atom stereocenters. The maximum absolute atomic E-state index is 13.2. The third-order valence-corrected chi connectivity index (χ3v) is 6.53. The van der Waals surface area contributed by atoms with Crippen molar-refractivity contribution in [1.82, 2.24) is 10.2 Å². The van der Waals surface area contributed by atoms with Gasteiger partial charge in [-0.15, -0.1) is 0 Å². The van der Waals surface area contributed by atoms with E-state index in [1.807, 2.05) is 27.0 Å². The van der Waals surface area contributed by atoms with Gasteiger partial charge in [-0.1, -0.05) is 20.8 Å². The van der Waals surface area contributed by atoms with Crippen LogP contribution in [0.1, 0.15) is 53.9 Å². The largest absolute Gasteiger partial charge is 0.474 e. The van der Waals surface area contributed by atoms with Crippen molar-refractivity contribution >= 4 is 5.91 Å². The number of nitrogens with one attached hydrogen (secondary N) is 1. The molecule has 0 spiro atoms. The molecule has 0 aromatic carbocycles. The Morgan fingerprint density at radius 1 is 1.29 bits per heavy atom. The van der Waals surface area contributed by atoms with Gasteiger partial charge in [-0.2, -0.15) is 0 Å². The van der Waals surface area contributed by atoms with E-state index in [0.717, 1.165) is 44.6 Å². The lowest BCUT2D eigenvalue weighted by atomic mass is 9.80. The molecule has 0 aromatic rings. The molecule has 2 N–H and O–H groups in total. The van der Waals surface area contributed by atoms with Crippen molar-refractivity contribution in [2.75, 3.05) is 53.2 Å². The zero-order valence-electron chi connectivity index (χ0n) is 20.3. The second kappa shape index (κ2) is 11.5. The number of hydrogen-bond donors (Lipinski definition) is 2. The van der Waals surface area contributed by atoms with Gasteiger partial charge in [0.1, 0.15) is 6.61 Å². The minimum atomic E-state index is -0.669. The maximum atomic E-state index is 13.2. The summed E-state index contributed by atoms with van der Waals surface area (Å²) in [5.74, 6) is 0.958. The number of carbonyl (C=O) groups excluding carboxylic acids is 1. The van der Waals surface area contributed by atoms with Crippen molar-refractivity contribution < 1.29 is 24.1 Å². The van der Waals surface area contributed by atoms with Crippen molar-refractivity contribution in [3.8, 4) is 0 Å². The van der Waals surface area contributed by atoms with Gasteiger partial charge in [0, 0.05) is 31.2 Å². The molecule has 0 bridgehead atoms. The second-order valence-electron chi connectivity index (χ2n) is 9.78. The average molecular weight is 439 g/mol. The van der Waals surface area contributed by atoms with Gasteiger partial charge in [0.2, 0.25) is 5.91 Å². The number of rotatable bonds is 11. The van der Waals surface area contributed by atoms with Crippen LogP contribution in [0.2, 0.25) is 0 Å². The molecular weight excluding hydrogens is 396 g/mol. The van der Waals surface area contributed by atoms with Crippen LogP contribution in [0.4, 0.5) is 0 Å². The molecule has 31 heavy (non-hydrogen) atoms. The van der Waals surface area contributed by atoms with Crippen LogP contribution in [0, 0.1) is 11.3 Å². The van der Waals surface area contributed by atoms with E-state index in [1.165, 1.54) is 5.57 Å². The Balaban J connectivity index is 2.08. The number of ether oxygens (including phenoxy) is 3. The van der Waals surface area contributed by atoms with Crippen LogP contribution in [0.15, 0.2) is 23.1 Å². The number of nitrogens with zero attached hydrogens (tertiary/aromatic N) is 1. The lowest BCUT2D eigenvalue weighted by Crippen LogP contribution is -2.54. The molecule has 0 radical (unpaired) electrons. The highest BCUT2D eigenvalue weighted by molar-refractivity contribution is 5.86. The van der Waals surface area contributed by atoms with Gasteiger partial charge in [-0.05, 0) is 57.2 Å². The van der Waals surface area contributed by atoms with Crippen molar-refractivity contribution in [3.63, 3.8) is 0 Å². The number of aliphatic hydroxyl groups is 1. The molecule has 2 rings (SSSR count). The highest BCUT2D eigenvalue weighted by atomic mass is 16.5. The standard InChI is InChI=1S/C24H42N2O5/c1-7-19-16-31-21(14-20(19)23(2,3)17-30-13-10-27)25-22(28)24(4,5)26(6)15-18-8-11-29-12-9-18/h14,18,27H,7-13,15-17H2,1-6H3,(H,25,28). The van der Waals surface area contributed by atoms with Gasteiger partial charge in [0.05, 0.1) is 25.4 Å². The molecule has 0 saturated carbocycles. The van der Waals surface area contributed by atoms with Crippen molar-refractivity contribution in [2.24, 2.45) is 11.3 Å². The zero-order valence-corrected chi connectivity index (χ0v) is 20.3. The topological polar surface area (TPSA) is 80.3 Å². The fraction of sp³-hybridized carbons (Fsp3) is 0.792. The van der Waals surface area contributed by atoms with Crippen LogP contribution in [0.5, 0.6) is 0 Å². The summed E-state index contributed by atoms with van der Waals surface area (Å²) in [6.07, 6.45) is 4.89. The summed E-state index contributed by atoms with van der Waals surface area (Å²) in [5, 5.41) is 12.0. The van der Waals surface area contributed by atoms with Gasteiger partial charge in [-0.25, -0.2) is 0 Å². The summed E-state index contributed by atoms with van der Waals surface area (Å²) in [4.78, 5) is 15.3. The highest BCUT2D eigenvalue weighted by Crippen LogP contribution is 2.35. The fourth-order valence-corrected chi connectivity index (χ4v) is 4.01. The van der Waals surface area contributed by atoms with Crippen LogP contribution >= 0.6 is 0 Å². The van der Waals surface area contributed by atoms with Crippen LogP contribution in [-0.2, 0) is 19.0 Å². The molecule has 0 aromatic heterocycles. The van der Waals surface area contributed by atoms with Gasteiger partial charge in [-0.3, -0.25) is 15.0 Å². The van der Waals surface area contributed by atoms with E-state index in [9.17, 15) is 4.79 Å². The molecule has 1 amide bonds. The van der Waals surface area contributed by atoms with Crippen molar-refractivity contribution in [2.45, 2.75) is 59.4 Å². The van der Waals surface area contributed by atoms with E-state index in [4.69, 9.17) is 19.3 Å². The number of carbonyl (C=O) groups is 1. The van der Waals surface area contributed by atoms with Gasteiger partial charge in [0.25, 0.3) is 0 Å². The SMILES string of the molecule is CCC1=C(C(C)(C)COCCO)C=C(NC(=O)C(C)(C)N(C)CC2CCOCC2)OC1. The Bertz CT molecular complexity index is 663. The van der Waals surface area contributed by atoms with E-state index >= 15 is 0 Å². The molecule has 2 aliphatic rings. The summed E-state index contributed by atoms with van der Waals surface area (Å²) in [5.41, 5.74) is 1.40. The predicted octanol–water partition coefficient (Wildman–Crippen LogP) is 2.85. The molecular formula is C24H42N2O5. The average Bonchev–Trinajstić information content (AvgIpc) is 2.74. The highest BCUT2D eigenvalue weighted by Gasteiger charge is 2.35. The fourth-order valence-electron chi connectivity index (χ4n) is 4.01. The van der Waals surface area contributed by atoms with Gasteiger partial charge in [0.15, 0.2) is 5.88 Å². The minimum Gasteiger partial charge on any atom is -0.474 e. The van der Waals surface area contributed by atoms with Crippen LogP contribution < -0.4 is 5.32 Å². The number of allylic oxidation sites excluding steroid dienone is 1. The third-order valence-electron chi connectivity index (χ3n) is 6.53. The number of amides is 1. The molecule has 7 heteroatoms. The summed E-state index contributed by atoms with van der Waals surface area (Å²) in [7, 11) is 2.01. The van der Waals surface area contributed by atoms with Crippen molar-refractivity contribution in [1.29, 1.82) is 0 Å². The molecule has 1 fully saturated rings. The zero-order chi connectivity index (χ0) is 23.1. The Kier molecular flexibility index (Phi) is 9.55. The first kappa shape index (κ1) is 25.8. The first-order chi connectivity index (χ1) is 14.6. The first-order valence-electron chi connectivity index (χ1n) is 11.5. The number of hydrogen-bond acceptors (Lipinski definition) is 6. The quantitative estimate of drug-likeness (QED) is 0.483. The Hall–Kier alpha value is -1.41. The molecule has 0 aliphatic carbocycles. The van der Waals surface area contributed by atoms with Gasteiger partial charge < -0.3 is 19.3 Å². The normalized spacial score (nSPS) is 18.8. The Morgan fingerprint density at radius 2 is 1.97 bits per heavy atom. The Labute approximate surface area is 187 Å². The molecule has 2 heterocycles. The molecule has 2 aliphatic heterocycles. The van der Waals surface area contributed by atoms with E-state index in [0.29, 0.717) is 31.6 Å². The summed E-state index contributed by atoms with van der Waals surface area (Å²) < 4.78 is 16.9. The Morgan fingerprint density at radius 3 is 2.58 bits per heavy atom. The maximum Gasteiger partial charge on any atom is 0.246 e. The third kappa shape index (κ3) is 7.04. The van der Waals surface area contributed by atoms with E-state index < -0.39 is 5.54 Å². The second-order valence-corrected chi connectivity index (χ2v) is 9.78. The monoisotopic (exact) mass is 438 g/mol. The molecule has 0 atom stereocenters. The van der Waals surface area contributed by atoms with Crippen molar-refractivity contribution in [3.05, 3.63) is 23.1 Å². The van der Waals surface area contributed by atoms with Crippen LogP contribution in [-0.4, -0.2) is 74.7 Å². The van der Waals surface area contributed by atoms with E-state index in [1.54, 1.807) is 0 Å². The van der Waals surface area contributed by atoms with E-state index in [2.05, 4.69) is 31.0 Å². The lowest BCUT2D eigenvalue weighted by Gasteiger charge is -2.38. The van der Waals surface area contributed by atoms with Crippen LogP contribution in [0.25, 0.3) is 0 Å². The lowest BCUT2D eigenvalue weighted by molar-refractivity contribution is -0.131. The first-order valence-corrected chi connectivity index (χ1v) is 11.5. The summed E-state index contributed by atoms with van der Waals surface area (Å²) >= 11 is 0. The smallest absolute Gasteiger partial charge is 0.246 e. The summed E-state index contributed by atoms with van der Waals surface area (Å²) in [6, 6.07) is 0. The van der Waals surface area contributed by atoms with Gasteiger partial charge >= 0.3 is 0 Å². The summed E-state index contributed by atoms with van der Waals surface area (Å²) in [6.45, 7) is 14.0. The predicted molar refractivity (Wildman–Crippen MR) is 121 cm³/mol. The molecule has 178 valence electrons. The number of aliphatic hydroxyl groups excluding tert-OH is 1. The van der Waals surface area contributed by atoms with E-state index in [-0.39, 0.29) is 17.9 Å². The molecule has 1 saturated heterocycles.